The molecule has 2 heterocycles. The van der Waals surface area contributed by atoms with Crippen molar-refractivity contribution in [1.82, 2.24) is 15.8 Å². The van der Waals surface area contributed by atoms with Crippen LogP contribution in [-0.2, 0) is 9.59 Å². The highest BCUT2D eigenvalue weighted by Gasteiger charge is 2.28. The van der Waals surface area contributed by atoms with Crippen LogP contribution in [0.4, 0.5) is 0 Å². The average Bonchev–Trinajstić information content (AvgIpc) is 2.75. The second kappa shape index (κ2) is 4.13. The largest absolute Gasteiger partial charge is 0.351 e. The van der Waals surface area contributed by atoms with Gasteiger partial charge in [-0.2, -0.15) is 0 Å². The summed E-state index contributed by atoms with van der Waals surface area (Å²) in [5.74, 6) is -1.31. The second-order valence-corrected chi connectivity index (χ2v) is 3.35. The van der Waals surface area contributed by atoms with E-state index in [1.54, 1.807) is 0 Å². The maximum Gasteiger partial charge on any atom is 0.290 e. The maximum atomic E-state index is 11.5. The molecule has 0 bridgehead atoms. The zero-order valence-electron chi connectivity index (χ0n) is 8.23. The van der Waals surface area contributed by atoms with E-state index >= 15 is 0 Å². The molecule has 1 aromatic rings. The molecule has 7 nitrogen and oxygen atoms in total. The number of nitrogens with zero attached hydrogens (tertiary/aromatic N) is 1. The van der Waals surface area contributed by atoms with E-state index in [9.17, 15) is 14.4 Å². The molecule has 0 spiro atoms. The topological polar surface area (TPSA) is 101 Å². The molecule has 1 aliphatic rings. The SMILES string of the molecule is O=C1CCC(NC(=O)c2ccno2)C(=O)N1. The lowest BCUT2D eigenvalue weighted by Crippen LogP contribution is -2.52. The number of aromatic nitrogens is 1. The van der Waals surface area contributed by atoms with Gasteiger partial charge in [-0.3, -0.25) is 19.7 Å². The molecule has 16 heavy (non-hydrogen) atoms. The number of piperidine rings is 1. The highest BCUT2D eigenvalue weighted by atomic mass is 16.5. The van der Waals surface area contributed by atoms with Gasteiger partial charge in [0.1, 0.15) is 6.04 Å². The van der Waals surface area contributed by atoms with Gasteiger partial charge < -0.3 is 9.84 Å². The minimum atomic E-state index is -0.699. The van der Waals surface area contributed by atoms with Crippen molar-refractivity contribution in [2.75, 3.05) is 0 Å². The first-order chi connectivity index (χ1) is 7.66. The van der Waals surface area contributed by atoms with Crippen LogP contribution < -0.4 is 10.6 Å². The Morgan fingerprint density at radius 3 is 3.00 bits per heavy atom. The summed E-state index contributed by atoms with van der Waals surface area (Å²) in [7, 11) is 0. The number of carbonyl (C=O) groups is 3. The van der Waals surface area contributed by atoms with E-state index in [0.717, 1.165) is 0 Å². The Hall–Kier alpha value is -2.18. The second-order valence-electron chi connectivity index (χ2n) is 3.35. The number of hydrogen-bond donors (Lipinski definition) is 2. The Balaban J connectivity index is 1.97. The number of amides is 3. The lowest BCUT2D eigenvalue weighted by Gasteiger charge is -2.20. The molecule has 2 rings (SSSR count). The van der Waals surface area contributed by atoms with E-state index in [1.165, 1.54) is 12.3 Å². The molecule has 0 saturated carbocycles. The first-order valence-corrected chi connectivity index (χ1v) is 4.72. The fourth-order valence-electron chi connectivity index (χ4n) is 1.39. The normalized spacial score (nSPS) is 20.4. The predicted octanol–water partition coefficient (Wildman–Crippen LogP) is -0.790. The van der Waals surface area contributed by atoms with E-state index < -0.39 is 17.9 Å². The fraction of sp³-hybridized carbons (Fsp3) is 0.333. The van der Waals surface area contributed by atoms with E-state index in [4.69, 9.17) is 0 Å². The Morgan fingerprint density at radius 2 is 2.38 bits per heavy atom. The van der Waals surface area contributed by atoms with E-state index in [2.05, 4.69) is 20.3 Å². The van der Waals surface area contributed by atoms with Crippen molar-refractivity contribution in [3.8, 4) is 0 Å². The van der Waals surface area contributed by atoms with Gasteiger partial charge in [0, 0.05) is 12.5 Å². The molecule has 1 atom stereocenters. The Morgan fingerprint density at radius 1 is 1.56 bits per heavy atom. The van der Waals surface area contributed by atoms with Crippen LogP contribution >= 0.6 is 0 Å². The van der Waals surface area contributed by atoms with Crippen molar-refractivity contribution in [3.05, 3.63) is 18.0 Å². The summed E-state index contributed by atoms with van der Waals surface area (Å²) in [6.07, 6.45) is 1.84. The summed E-state index contributed by atoms with van der Waals surface area (Å²) < 4.78 is 4.63. The summed E-state index contributed by atoms with van der Waals surface area (Å²) in [5.41, 5.74) is 0. The van der Waals surface area contributed by atoms with Crippen molar-refractivity contribution < 1.29 is 18.9 Å². The van der Waals surface area contributed by atoms with Gasteiger partial charge in [-0.1, -0.05) is 5.16 Å². The zero-order chi connectivity index (χ0) is 11.5. The molecule has 0 aromatic carbocycles. The summed E-state index contributed by atoms with van der Waals surface area (Å²) in [6, 6.07) is 0.691. The molecule has 1 aromatic heterocycles. The van der Waals surface area contributed by atoms with Gasteiger partial charge >= 0.3 is 0 Å². The number of rotatable bonds is 2. The van der Waals surface area contributed by atoms with Crippen LogP contribution in [0, 0.1) is 0 Å². The lowest BCUT2D eigenvalue weighted by molar-refractivity contribution is -0.134. The summed E-state index contributed by atoms with van der Waals surface area (Å²) in [6.45, 7) is 0. The standard InChI is InChI=1S/C9H9N3O4/c13-7-2-1-5(8(14)12-7)11-9(15)6-3-4-10-16-6/h3-5H,1-2H2,(H,11,15)(H,12,13,14). The number of imide groups is 1. The molecule has 3 amide bonds. The molecular weight excluding hydrogens is 214 g/mol. The Kier molecular flexibility index (Phi) is 2.67. The molecule has 2 N–H and O–H groups in total. The molecule has 0 radical (unpaired) electrons. The van der Waals surface area contributed by atoms with Gasteiger partial charge in [0.05, 0.1) is 6.20 Å². The van der Waals surface area contributed by atoms with Crippen molar-refractivity contribution in [3.63, 3.8) is 0 Å². The molecule has 1 unspecified atom stereocenters. The van der Waals surface area contributed by atoms with Crippen molar-refractivity contribution >= 4 is 17.7 Å². The summed E-state index contributed by atoms with van der Waals surface area (Å²) >= 11 is 0. The fourth-order valence-corrected chi connectivity index (χ4v) is 1.39. The van der Waals surface area contributed by atoms with Crippen LogP contribution in [0.15, 0.2) is 16.8 Å². The van der Waals surface area contributed by atoms with Crippen LogP contribution in [0.25, 0.3) is 0 Å². The third kappa shape index (κ3) is 2.08. The predicted molar refractivity (Wildman–Crippen MR) is 50.1 cm³/mol. The minimum Gasteiger partial charge on any atom is -0.351 e. The summed E-state index contributed by atoms with van der Waals surface area (Å²) in [4.78, 5) is 33.7. The van der Waals surface area contributed by atoms with Crippen molar-refractivity contribution in [1.29, 1.82) is 0 Å². The highest BCUT2D eigenvalue weighted by molar-refractivity contribution is 6.03. The first kappa shape index (κ1) is 10.3. The third-order valence-electron chi connectivity index (χ3n) is 2.21. The van der Waals surface area contributed by atoms with Crippen molar-refractivity contribution in [2.24, 2.45) is 0 Å². The van der Waals surface area contributed by atoms with Gasteiger partial charge in [0.15, 0.2) is 0 Å². The molecule has 1 aliphatic heterocycles. The lowest BCUT2D eigenvalue weighted by atomic mass is 10.1. The highest BCUT2D eigenvalue weighted by Crippen LogP contribution is 2.06. The molecule has 1 fully saturated rings. The summed E-state index contributed by atoms with van der Waals surface area (Å²) in [5, 5.41) is 7.97. The zero-order valence-corrected chi connectivity index (χ0v) is 8.23. The molecule has 7 heteroatoms. The number of carbonyl (C=O) groups excluding carboxylic acids is 3. The van der Waals surface area contributed by atoms with Crippen LogP contribution in [-0.4, -0.2) is 28.9 Å². The Bertz CT molecular complexity index is 426. The van der Waals surface area contributed by atoms with Gasteiger partial charge in [-0.15, -0.1) is 0 Å². The monoisotopic (exact) mass is 223 g/mol. The van der Waals surface area contributed by atoms with Crippen LogP contribution in [0.1, 0.15) is 23.4 Å². The van der Waals surface area contributed by atoms with Crippen LogP contribution in [0.5, 0.6) is 0 Å². The van der Waals surface area contributed by atoms with Gasteiger partial charge in [0.25, 0.3) is 5.91 Å². The third-order valence-corrected chi connectivity index (χ3v) is 2.21. The van der Waals surface area contributed by atoms with Gasteiger partial charge in [0.2, 0.25) is 17.6 Å². The van der Waals surface area contributed by atoms with Gasteiger partial charge in [-0.05, 0) is 6.42 Å². The van der Waals surface area contributed by atoms with E-state index in [-0.39, 0.29) is 18.1 Å². The molecule has 84 valence electrons. The minimum absolute atomic E-state index is 0.0321. The number of nitrogens with one attached hydrogen (secondary N) is 2. The quantitative estimate of drug-likeness (QED) is 0.640. The first-order valence-electron chi connectivity index (χ1n) is 4.72. The maximum absolute atomic E-state index is 11.5. The molecular formula is C9H9N3O4. The van der Waals surface area contributed by atoms with Crippen LogP contribution in [0.3, 0.4) is 0 Å². The van der Waals surface area contributed by atoms with E-state index in [0.29, 0.717) is 6.42 Å². The van der Waals surface area contributed by atoms with Crippen LogP contribution in [0.2, 0.25) is 0 Å². The van der Waals surface area contributed by atoms with E-state index in [1.807, 2.05) is 0 Å². The smallest absolute Gasteiger partial charge is 0.290 e. The Labute approximate surface area is 90.2 Å². The van der Waals surface area contributed by atoms with Gasteiger partial charge in [-0.25, -0.2) is 0 Å². The van der Waals surface area contributed by atoms with Crippen molar-refractivity contribution in [2.45, 2.75) is 18.9 Å². The average molecular weight is 223 g/mol. The molecule has 0 aliphatic carbocycles. The number of hydrogen-bond acceptors (Lipinski definition) is 5. The molecule has 1 saturated heterocycles.